The SMILES string of the molecule is O=C(c1cccnc1)N1CC(c2nc(CCOCc3ccccc3)no2)C1. The largest absolute Gasteiger partial charge is 0.376 e. The van der Waals surface area contributed by atoms with Gasteiger partial charge in [-0.15, -0.1) is 0 Å². The first kappa shape index (κ1) is 17.4. The van der Waals surface area contributed by atoms with Crippen molar-refractivity contribution in [2.45, 2.75) is 18.9 Å². The maximum atomic E-state index is 12.3. The number of pyridine rings is 1. The lowest BCUT2D eigenvalue weighted by Crippen LogP contribution is -2.48. The summed E-state index contributed by atoms with van der Waals surface area (Å²) in [5, 5.41) is 4.01. The molecule has 1 aliphatic rings. The molecule has 0 N–H and O–H groups in total. The van der Waals surface area contributed by atoms with Gasteiger partial charge in [0.1, 0.15) is 0 Å². The Morgan fingerprint density at radius 1 is 1.19 bits per heavy atom. The summed E-state index contributed by atoms with van der Waals surface area (Å²) in [5.74, 6) is 1.30. The number of aromatic nitrogens is 3. The summed E-state index contributed by atoms with van der Waals surface area (Å²) in [6.07, 6.45) is 3.83. The third-order valence-corrected chi connectivity index (χ3v) is 4.49. The second kappa shape index (κ2) is 8.09. The Kier molecular flexibility index (Phi) is 5.20. The molecular weight excluding hydrogens is 344 g/mol. The lowest BCUT2D eigenvalue weighted by atomic mass is 9.99. The number of carbonyl (C=O) groups excluding carboxylic acids is 1. The number of ether oxygens (including phenoxy) is 1. The first-order chi connectivity index (χ1) is 13.3. The fraction of sp³-hybridized carbons (Fsp3) is 0.300. The molecule has 4 rings (SSSR count). The summed E-state index contributed by atoms with van der Waals surface area (Å²) >= 11 is 0. The maximum absolute atomic E-state index is 12.3. The average molecular weight is 364 g/mol. The Bertz CT molecular complexity index is 877. The highest BCUT2D eigenvalue weighted by Gasteiger charge is 2.36. The number of rotatable bonds is 7. The molecule has 1 fully saturated rings. The lowest BCUT2D eigenvalue weighted by Gasteiger charge is -2.37. The number of carbonyl (C=O) groups is 1. The fourth-order valence-electron chi connectivity index (χ4n) is 2.93. The van der Waals surface area contributed by atoms with Crippen molar-refractivity contribution in [2.24, 2.45) is 0 Å². The first-order valence-electron chi connectivity index (χ1n) is 8.93. The number of hydrogen-bond acceptors (Lipinski definition) is 6. The molecule has 0 aliphatic carbocycles. The van der Waals surface area contributed by atoms with Crippen LogP contribution < -0.4 is 0 Å². The van der Waals surface area contributed by atoms with E-state index in [1.807, 2.05) is 30.3 Å². The number of likely N-dealkylation sites (tertiary alicyclic amines) is 1. The van der Waals surface area contributed by atoms with Crippen LogP contribution in [0.2, 0.25) is 0 Å². The van der Waals surface area contributed by atoms with Crippen LogP contribution in [-0.2, 0) is 17.8 Å². The monoisotopic (exact) mass is 364 g/mol. The number of benzene rings is 1. The summed E-state index contributed by atoms with van der Waals surface area (Å²) in [6, 6.07) is 13.5. The third kappa shape index (κ3) is 4.20. The van der Waals surface area contributed by atoms with E-state index in [9.17, 15) is 4.79 Å². The van der Waals surface area contributed by atoms with Crippen molar-refractivity contribution in [3.8, 4) is 0 Å². The number of amides is 1. The quantitative estimate of drug-likeness (QED) is 0.599. The molecule has 0 saturated carbocycles. The predicted octanol–water partition coefficient (Wildman–Crippen LogP) is 2.46. The molecule has 0 spiro atoms. The molecular formula is C20H20N4O3. The van der Waals surface area contributed by atoms with Crippen molar-refractivity contribution in [3.63, 3.8) is 0 Å². The van der Waals surface area contributed by atoms with E-state index in [-0.39, 0.29) is 11.8 Å². The summed E-state index contributed by atoms with van der Waals surface area (Å²) in [7, 11) is 0. The number of hydrogen-bond donors (Lipinski definition) is 0. The second-order valence-electron chi connectivity index (χ2n) is 6.49. The Labute approximate surface area is 157 Å². The van der Waals surface area contributed by atoms with Crippen molar-refractivity contribution in [1.29, 1.82) is 0 Å². The van der Waals surface area contributed by atoms with Crippen molar-refractivity contribution in [2.75, 3.05) is 19.7 Å². The van der Waals surface area contributed by atoms with Crippen LogP contribution in [0.15, 0.2) is 59.4 Å². The van der Waals surface area contributed by atoms with E-state index in [1.54, 1.807) is 29.4 Å². The Morgan fingerprint density at radius 2 is 2.04 bits per heavy atom. The fourth-order valence-corrected chi connectivity index (χ4v) is 2.93. The van der Waals surface area contributed by atoms with Crippen molar-refractivity contribution in [3.05, 3.63) is 77.7 Å². The Morgan fingerprint density at radius 3 is 2.81 bits per heavy atom. The van der Waals surface area contributed by atoms with E-state index >= 15 is 0 Å². The number of nitrogens with zero attached hydrogens (tertiary/aromatic N) is 4. The maximum Gasteiger partial charge on any atom is 0.255 e. The van der Waals surface area contributed by atoms with E-state index in [0.29, 0.717) is 50.0 Å². The standard InChI is InChI=1S/C20H20N4O3/c25-20(16-7-4-9-21-11-16)24-12-17(13-24)19-22-18(23-27-19)8-10-26-14-15-5-2-1-3-6-15/h1-7,9,11,17H,8,10,12-14H2. The smallest absolute Gasteiger partial charge is 0.255 e. The Hall–Kier alpha value is -3.06. The molecule has 0 radical (unpaired) electrons. The van der Waals surface area contributed by atoms with Gasteiger partial charge < -0.3 is 14.2 Å². The van der Waals surface area contributed by atoms with Gasteiger partial charge in [0, 0.05) is 31.9 Å². The average Bonchev–Trinajstić information content (AvgIpc) is 3.14. The molecule has 138 valence electrons. The van der Waals surface area contributed by atoms with Gasteiger partial charge >= 0.3 is 0 Å². The lowest BCUT2D eigenvalue weighted by molar-refractivity contribution is 0.0568. The van der Waals surface area contributed by atoms with E-state index in [2.05, 4.69) is 15.1 Å². The third-order valence-electron chi connectivity index (χ3n) is 4.49. The highest BCUT2D eigenvalue weighted by Crippen LogP contribution is 2.27. The summed E-state index contributed by atoms with van der Waals surface area (Å²) in [5.41, 5.74) is 1.73. The minimum absolute atomic E-state index is 0.0200. The van der Waals surface area contributed by atoms with Gasteiger partial charge in [0.05, 0.1) is 24.7 Å². The van der Waals surface area contributed by atoms with E-state index in [4.69, 9.17) is 9.26 Å². The zero-order valence-corrected chi connectivity index (χ0v) is 14.8. The topological polar surface area (TPSA) is 81.4 Å². The van der Waals surface area contributed by atoms with Crippen molar-refractivity contribution >= 4 is 5.91 Å². The van der Waals surface area contributed by atoms with Gasteiger partial charge in [-0.2, -0.15) is 4.98 Å². The van der Waals surface area contributed by atoms with Crippen molar-refractivity contribution in [1.82, 2.24) is 20.0 Å². The molecule has 2 aromatic heterocycles. The summed E-state index contributed by atoms with van der Waals surface area (Å²) < 4.78 is 11.0. The van der Waals surface area contributed by atoms with E-state index < -0.39 is 0 Å². The summed E-state index contributed by atoms with van der Waals surface area (Å²) in [4.78, 5) is 22.5. The van der Waals surface area contributed by atoms with Gasteiger partial charge in [0.25, 0.3) is 5.91 Å². The van der Waals surface area contributed by atoms with Gasteiger partial charge in [0.2, 0.25) is 5.89 Å². The van der Waals surface area contributed by atoms with Gasteiger partial charge in [-0.3, -0.25) is 9.78 Å². The van der Waals surface area contributed by atoms with Gasteiger partial charge in [-0.1, -0.05) is 35.5 Å². The van der Waals surface area contributed by atoms with Gasteiger partial charge in [-0.25, -0.2) is 0 Å². The zero-order chi connectivity index (χ0) is 18.5. The molecule has 1 aliphatic heterocycles. The van der Waals surface area contributed by atoms with E-state index in [0.717, 1.165) is 5.56 Å². The molecule has 3 heterocycles. The van der Waals surface area contributed by atoms with Crippen LogP contribution in [0, 0.1) is 0 Å². The molecule has 1 saturated heterocycles. The van der Waals surface area contributed by atoms with Crippen LogP contribution >= 0.6 is 0 Å². The van der Waals surface area contributed by atoms with E-state index in [1.165, 1.54) is 0 Å². The molecule has 27 heavy (non-hydrogen) atoms. The van der Waals surface area contributed by atoms with Crippen LogP contribution in [0.25, 0.3) is 0 Å². The van der Waals surface area contributed by atoms with Crippen molar-refractivity contribution < 1.29 is 14.1 Å². The minimum atomic E-state index is -0.0200. The van der Waals surface area contributed by atoms with Gasteiger partial charge in [0.15, 0.2) is 5.82 Å². The molecule has 7 nitrogen and oxygen atoms in total. The van der Waals surface area contributed by atoms with Crippen LogP contribution in [0.5, 0.6) is 0 Å². The highest BCUT2D eigenvalue weighted by molar-refractivity contribution is 5.94. The zero-order valence-electron chi connectivity index (χ0n) is 14.8. The van der Waals surface area contributed by atoms with Gasteiger partial charge in [-0.05, 0) is 17.7 Å². The molecule has 1 aromatic carbocycles. The van der Waals surface area contributed by atoms with Crippen LogP contribution in [0.3, 0.4) is 0 Å². The molecule has 3 aromatic rings. The predicted molar refractivity (Wildman–Crippen MR) is 97.0 cm³/mol. The minimum Gasteiger partial charge on any atom is -0.376 e. The molecule has 0 unspecified atom stereocenters. The van der Waals surface area contributed by atoms with Crippen LogP contribution in [-0.4, -0.2) is 45.6 Å². The molecule has 7 heteroatoms. The molecule has 0 atom stereocenters. The Balaban J connectivity index is 1.22. The second-order valence-corrected chi connectivity index (χ2v) is 6.49. The first-order valence-corrected chi connectivity index (χ1v) is 8.93. The molecule has 1 amide bonds. The normalized spacial score (nSPS) is 14.1. The van der Waals surface area contributed by atoms with Crippen LogP contribution in [0.4, 0.5) is 0 Å². The van der Waals surface area contributed by atoms with Crippen LogP contribution in [0.1, 0.15) is 33.6 Å². The summed E-state index contributed by atoms with van der Waals surface area (Å²) in [6.45, 7) is 2.27. The highest BCUT2D eigenvalue weighted by atomic mass is 16.5. The molecule has 0 bridgehead atoms.